The number of carbonyl (C=O) groups is 1. The van der Waals surface area contributed by atoms with E-state index in [2.05, 4.69) is 29.6 Å². The van der Waals surface area contributed by atoms with Crippen LogP contribution in [0, 0.1) is 16.5 Å². The summed E-state index contributed by atoms with van der Waals surface area (Å²) in [7, 11) is 1.51. The summed E-state index contributed by atoms with van der Waals surface area (Å²) in [5.41, 5.74) is 1.86. The van der Waals surface area contributed by atoms with Crippen LogP contribution in [0.25, 0.3) is 0 Å². The molecule has 1 unspecified atom stereocenters. The molecule has 2 bridgehead atoms. The number of para-hydroxylation sites is 1. The molecular formula is C21H26N2O3. The first-order chi connectivity index (χ1) is 12.5. The Morgan fingerprint density at radius 1 is 1.23 bits per heavy atom. The van der Waals surface area contributed by atoms with Gasteiger partial charge < -0.3 is 19.9 Å². The van der Waals surface area contributed by atoms with Crippen molar-refractivity contribution in [2.24, 2.45) is 11.3 Å². The Morgan fingerprint density at radius 2 is 2.08 bits per heavy atom. The van der Waals surface area contributed by atoms with Gasteiger partial charge in [0.05, 0.1) is 37.1 Å². The predicted octanol–water partition coefficient (Wildman–Crippen LogP) is 2.94. The molecule has 1 aromatic rings. The average molecular weight is 354 g/mol. The monoisotopic (exact) mass is 354 g/mol. The van der Waals surface area contributed by atoms with E-state index in [1.54, 1.807) is 0 Å². The molecule has 0 amide bonds. The van der Waals surface area contributed by atoms with Gasteiger partial charge in [-0.2, -0.15) is 0 Å². The van der Waals surface area contributed by atoms with Crippen LogP contribution in [0.4, 0.5) is 5.69 Å². The Hall–Kier alpha value is -1.59. The van der Waals surface area contributed by atoms with Gasteiger partial charge >= 0.3 is 5.97 Å². The van der Waals surface area contributed by atoms with Crippen molar-refractivity contribution in [3.8, 4) is 0 Å². The lowest BCUT2D eigenvalue weighted by Crippen LogP contribution is -2.79. The third kappa shape index (κ3) is 1.38. The van der Waals surface area contributed by atoms with Crippen molar-refractivity contribution < 1.29 is 14.2 Å². The largest absolute Gasteiger partial charge is 0.633 e. The van der Waals surface area contributed by atoms with Crippen molar-refractivity contribution in [1.29, 1.82) is 0 Å². The minimum absolute atomic E-state index is 0.00373. The van der Waals surface area contributed by atoms with Gasteiger partial charge in [-0.3, -0.25) is 4.79 Å². The van der Waals surface area contributed by atoms with Crippen molar-refractivity contribution in [3.05, 3.63) is 35.0 Å². The number of hydrogen-bond acceptors (Lipinski definition) is 4. The number of benzene rings is 1. The fourth-order valence-electron chi connectivity index (χ4n) is 8.34. The molecule has 2 saturated heterocycles. The van der Waals surface area contributed by atoms with Gasteiger partial charge in [-0.1, -0.05) is 18.2 Å². The second kappa shape index (κ2) is 4.45. The maximum absolute atomic E-state index is 14.0. The SMILES string of the molecule is COC(=O)[C@@H]1C[C@@]23CCC[N+]4([O-])CC[C@@]5(c6ccccc6N[C@]15CC2)[C@H]34. The first-order valence-corrected chi connectivity index (χ1v) is 10.0. The van der Waals surface area contributed by atoms with Crippen molar-refractivity contribution in [3.63, 3.8) is 0 Å². The molecule has 5 fully saturated rings. The summed E-state index contributed by atoms with van der Waals surface area (Å²) in [6.07, 6.45) is 5.82. The fraction of sp³-hybridized carbons (Fsp3) is 0.667. The van der Waals surface area contributed by atoms with Gasteiger partial charge in [0.15, 0.2) is 0 Å². The van der Waals surface area contributed by atoms with Crippen molar-refractivity contribution in [2.75, 3.05) is 25.5 Å². The number of carbonyl (C=O) groups excluding carboxylic acids is 1. The van der Waals surface area contributed by atoms with Crippen LogP contribution in [0.15, 0.2) is 24.3 Å². The summed E-state index contributed by atoms with van der Waals surface area (Å²) in [5.74, 6) is -0.252. The van der Waals surface area contributed by atoms with Gasteiger partial charge in [-0.25, -0.2) is 0 Å². The summed E-state index contributed by atoms with van der Waals surface area (Å²) in [6, 6.07) is 8.59. The van der Waals surface area contributed by atoms with Gasteiger partial charge in [-0.15, -0.1) is 0 Å². The molecule has 3 aliphatic carbocycles. The highest BCUT2D eigenvalue weighted by molar-refractivity contribution is 5.80. The second-order valence-electron chi connectivity index (χ2n) is 9.41. The van der Waals surface area contributed by atoms with Crippen LogP contribution >= 0.6 is 0 Å². The maximum Gasteiger partial charge on any atom is 0.311 e. The van der Waals surface area contributed by atoms with Gasteiger partial charge in [-0.05, 0) is 43.7 Å². The van der Waals surface area contributed by atoms with Crippen LogP contribution in [0.1, 0.15) is 44.1 Å². The molecule has 3 aliphatic heterocycles. The number of hydroxylamine groups is 3. The number of nitrogens with zero attached hydrogens (tertiary/aromatic N) is 1. The molecule has 138 valence electrons. The number of piperidine rings is 1. The van der Waals surface area contributed by atoms with E-state index in [4.69, 9.17) is 4.74 Å². The third-order valence-corrected chi connectivity index (χ3v) is 8.88. The summed E-state index contributed by atoms with van der Waals surface area (Å²) >= 11 is 0. The molecule has 3 saturated carbocycles. The molecular weight excluding hydrogens is 328 g/mol. The second-order valence-corrected chi connectivity index (χ2v) is 9.41. The van der Waals surface area contributed by atoms with E-state index in [1.807, 2.05) is 0 Å². The van der Waals surface area contributed by atoms with Crippen LogP contribution in [-0.4, -0.2) is 42.4 Å². The first-order valence-electron chi connectivity index (χ1n) is 10.0. The number of rotatable bonds is 1. The molecule has 3 heterocycles. The quantitative estimate of drug-likeness (QED) is 0.478. The van der Waals surface area contributed by atoms with Crippen molar-refractivity contribution in [1.82, 2.24) is 0 Å². The average Bonchev–Trinajstić information content (AvgIpc) is 3.15. The molecule has 3 spiro atoms. The Balaban J connectivity index is 1.67. The predicted molar refractivity (Wildman–Crippen MR) is 97.3 cm³/mol. The molecule has 6 aliphatic rings. The molecule has 0 radical (unpaired) electrons. The maximum atomic E-state index is 14.0. The van der Waals surface area contributed by atoms with E-state index in [0.29, 0.717) is 6.54 Å². The third-order valence-electron chi connectivity index (χ3n) is 8.88. The highest BCUT2D eigenvalue weighted by atomic mass is 16.6. The minimum Gasteiger partial charge on any atom is -0.633 e. The number of anilines is 1. The first kappa shape index (κ1) is 15.5. The zero-order valence-corrected chi connectivity index (χ0v) is 15.3. The Morgan fingerprint density at radius 3 is 2.92 bits per heavy atom. The zero-order chi connectivity index (χ0) is 17.8. The van der Waals surface area contributed by atoms with Crippen molar-refractivity contribution in [2.45, 2.75) is 55.5 Å². The number of hydrogen-bond donors (Lipinski definition) is 1. The number of methoxy groups -OCH3 is 1. The lowest BCUT2D eigenvalue weighted by Gasteiger charge is -2.70. The summed E-state index contributed by atoms with van der Waals surface area (Å²) in [4.78, 5) is 12.9. The Bertz CT molecular complexity index is 827. The molecule has 0 aromatic heterocycles. The number of fused-ring (bicyclic) bond motifs is 3. The number of esters is 1. The molecule has 5 heteroatoms. The Kier molecular flexibility index (Phi) is 2.65. The van der Waals surface area contributed by atoms with E-state index in [9.17, 15) is 10.0 Å². The highest BCUT2D eigenvalue weighted by Gasteiger charge is 2.82. The standard InChI is InChI=1S/C21H26N2O3/c1-26-17(24)15-13-19-7-4-11-23(25)12-10-20(18(19)23)14-5-2-3-6-16(14)22-21(15,20)9-8-19/h2-3,5-6,15,18,22H,4,7-13H2,1H3/t15-,18-,19+,20+,21+,23?/m0/s1. The molecule has 26 heavy (non-hydrogen) atoms. The Labute approximate surface area is 153 Å². The molecule has 1 aromatic carbocycles. The van der Waals surface area contributed by atoms with Crippen LogP contribution < -0.4 is 5.32 Å². The van der Waals surface area contributed by atoms with Crippen molar-refractivity contribution >= 4 is 11.7 Å². The van der Waals surface area contributed by atoms with Crippen LogP contribution in [0.2, 0.25) is 0 Å². The van der Waals surface area contributed by atoms with Gasteiger partial charge in [0.1, 0.15) is 6.04 Å². The highest BCUT2D eigenvalue weighted by Crippen LogP contribution is 2.75. The molecule has 7 rings (SSSR count). The van der Waals surface area contributed by atoms with Crippen LogP contribution in [-0.2, 0) is 14.9 Å². The lowest BCUT2D eigenvalue weighted by atomic mass is 9.39. The van der Waals surface area contributed by atoms with E-state index in [1.165, 1.54) is 12.7 Å². The minimum atomic E-state index is -0.349. The van der Waals surface area contributed by atoms with E-state index in [-0.39, 0.29) is 38.9 Å². The number of quaternary nitrogens is 1. The number of nitrogens with one attached hydrogen (secondary N) is 1. The topological polar surface area (TPSA) is 61.4 Å². The smallest absolute Gasteiger partial charge is 0.311 e. The van der Waals surface area contributed by atoms with Crippen LogP contribution in [0.3, 0.4) is 0 Å². The fourth-order valence-corrected chi connectivity index (χ4v) is 8.34. The van der Waals surface area contributed by atoms with Gasteiger partial charge in [0.2, 0.25) is 0 Å². The molecule has 6 atom stereocenters. The molecule has 5 nitrogen and oxygen atoms in total. The summed E-state index contributed by atoms with van der Waals surface area (Å²) in [6.45, 7) is 1.44. The van der Waals surface area contributed by atoms with E-state index >= 15 is 0 Å². The van der Waals surface area contributed by atoms with E-state index < -0.39 is 0 Å². The summed E-state index contributed by atoms with van der Waals surface area (Å²) < 4.78 is 5.25. The number of ether oxygens (including phenoxy) is 1. The van der Waals surface area contributed by atoms with E-state index in [0.717, 1.165) is 50.8 Å². The molecule has 1 N–H and O–H groups in total. The summed E-state index contributed by atoms with van der Waals surface area (Å²) in [5, 5.41) is 17.8. The normalized spacial score (nSPS) is 49.8. The lowest BCUT2D eigenvalue weighted by molar-refractivity contribution is -0.911. The van der Waals surface area contributed by atoms with Gasteiger partial charge in [0.25, 0.3) is 0 Å². The zero-order valence-electron chi connectivity index (χ0n) is 15.3. The van der Waals surface area contributed by atoms with Crippen LogP contribution in [0.5, 0.6) is 0 Å². The van der Waals surface area contributed by atoms with Gasteiger partial charge in [0, 0.05) is 17.5 Å².